The lowest BCUT2D eigenvalue weighted by molar-refractivity contribution is 0.291. The molecule has 3 aromatic carbocycles. The van der Waals surface area contributed by atoms with Crippen LogP contribution in [0.15, 0.2) is 77.4 Å². The van der Waals surface area contributed by atoms with Gasteiger partial charge in [-0.15, -0.1) is 11.6 Å². The van der Waals surface area contributed by atoms with E-state index in [2.05, 4.69) is 9.71 Å². The van der Waals surface area contributed by atoms with Crippen LogP contribution in [0.4, 0.5) is 8.78 Å². The number of oxazole rings is 1. The lowest BCUT2D eigenvalue weighted by Crippen LogP contribution is -2.35. The van der Waals surface area contributed by atoms with Crippen molar-refractivity contribution in [3.8, 4) is 16.9 Å². The summed E-state index contributed by atoms with van der Waals surface area (Å²) >= 11 is 5.96. The van der Waals surface area contributed by atoms with Crippen molar-refractivity contribution in [2.45, 2.75) is 49.6 Å². The molecule has 1 aromatic heterocycles. The summed E-state index contributed by atoms with van der Waals surface area (Å²) in [5.74, 6) is -0.330. The molecule has 0 saturated heterocycles. The highest BCUT2D eigenvalue weighted by atomic mass is 35.5. The van der Waals surface area contributed by atoms with Crippen LogP contribution < -0.4 is 9.46 Å². The van der Waals surface area contributed by atoms with Gasteiger partial charge in [0.05, 0.1) is 23.2 Å². The highest BCUT2D eigenvalue weighted by Crippen LogP contribution is 2.45. The second-order valence-electron chi connectivity index (χ2n) is 10.3. The van der Waals surface area contributed by atoms with Crippen molar-refractivity contribution >= 4 is 21.6 Å². The van der Waals surface area contributed by atoms with Crippen molar-refractivity contribution in [2.24, 2.45) is 0 Å². The Bertz CT molecular complexity index is 1600. The molecule has 1 N–H and O–H groups in total. The van der Waals surface area contributed by atoms with Crippen LogP contribution in [0.3, 0.4) is 0 Å². The Morgan fingerprint density at radius 3 is 2.62 bits per heavy atom. The molecular weight excluding hydrogens is 558 g/mol. The Kier molecular flexibility index (Phi) is 8.26. The van der Waals surface area contributed by atoms with Gasteiger partial charge in [0.2, 0.25) is 15.9 Å². The minimum absolute atomic E-state index is 0.0800. The predicted octanol–water partition coefficient (Wildman–Crippen LogP) is 6.52. The molecule has 0 bridgehead atoms. The number of hydrogen-bond donors (Lipinski definition) is 1. The maximum absolute atomic E-state index is 15.3. The summed E-state index contributed by atoms with van der Waals surface area (Å²) in [5.41, 5.74) is 2.13. The van der Waals surface area contributed by atoms with E-state index in [1.165, 1.54) is 18.4 Å². The molecule has 5 rings (SSSR count). The van der Waals surface area contributed by atoms with Gasteiger partial charge in [-0.1, -0.05) is 48.5 Å². The third kappa shape index (κ3) is 6.37. The number of hydrogen-bond acceptors (Lipinski definition) is 5. The first-order valence-electron chi connectivity index (χ1n) is 12.9. The third-order valence-corrected chi connectivity index (χ3v) is 8.25. The van der Waals surface area contributed by atoms with Crippen LogP contribution in [0.1, 0.15) is 42.0 Å². The summed E-state index contributed by atoms with van der Waals surface area (Å²) in [6.45, 7) is 0.174. The summed E-state index contributed by atoms with van der Waals surface area (Å²) < 4.78 is 68.5. The number of alkyl halides is 1. The molecule has 1 aliphatic rings. The molecular formula is C30H29ClF2N2O4S. The number of sulfonamides is 1. The molecule has 0 spiro atoms. The quantitative estimate of drug-likeness (QED) is 0.214. The van der Waals surface area contributed by atoms with Crippen LogP contribution in [0, 0.1) is 11.6 Å². The number of nitrogens with zero attached hydrogens (tertiary/aromatic N) is 1. The second kappa shape index (κ2) is 11.7. The molecule has 1 saturated carbocycles. The second-order valence-corrected chi connectivity index (χ2v) is 12.3. The highest BCUT2D eigenvalue weighted by Gasteiger charge is 2.45. The highest BCUT2D eigenvalue weighted by molar-refractivity contribution is 7.88. The van der Waals surface area contributed by atoms with Crippen molar-refractivity contribution in [3.05, 3.63) is 107 Å². The monoisotopic (exact) mass is 586 g/mol. The molecule has 40 heavy (non-hydrogen) atoms. The average Bonchev–Trinajstić information content (AvgIpc) is 3.57. The summed E-state index contributed by atoms with van der Waals surface area (Å²) in [6, 6.07) is 18.4. The number of rotatable bonds is 10. The molecule has 210 valence electrons. The molecule has 1 fully saturated rings. The maximum Gasteiger partial charge on any atom is 0.208 e. The van der Waals surface area contributed by atoms with Gasteiger partial charge in [-0.05, 0) is 60.6 Å². The van der Waals surface area contributed by atoms with E-state index in [1.54, 1.807) is 24.3 Å². The molecule has 0 unspecified atom stereocenters. The minimum atomic E-state index is -3.44. The van der Waals surface area contributed by atoms with E-state index in [9.17, 15) is 12.8 Å². The Balaban J connectivity index is 1.49. The van der Waals surface area contributed by atoms with E-state index in [0.717, 1.165) is 11.8 Å². The van der Waals surface area contributed by atoms with E-state index in [1.807, 2.05) is 30.3 Å². The molecule has 10 heteroatoms. The van der Waals surface area contributed by atoms with E-state index >= 15 is 4.39 Å². The third-order valence-electron chi connectivity index (χ3n) is 7.21. The lowest BCUT2D eigenvalue weighted by atomic mass is 9.79. The van der Waals surface area contributed by atoms with Crippen molar-refractivity contribution in [2.75, 3.05) is 6.26 Å². The summed E-state index contributed by atoms with van der Waals surface area (Å²) in [6.07, 6.45) is 4.22. The SMILES string of the molecule is CS(=O)(=O)N[C@H]1CC[C@](Cc2cc(-c3cccc(F)c3OCc3ccccc3)ccc2F)(c2nc(CCl)co2)C1. The van der Waals surface area contributed by atoms with Gasteiger partial charge in [0, 0.05) is 11.6 Å². The predicted molar refractivity (Wildman–Crippen MR) is 150 cm³/mol. The fourth-order valence-electron chi connectivity index (χ4n) is 5.43. The lowest BCUT2D eigenvalue weighted by Gasteiger charge is -2.27. The fourth-order valence-corrected chi connectivity index (χ4v) is 6.36. The minimum Gasteiger partial charge on any atom is -0.485 e. The topological polar surface area (TPSA) is 81.4 Å². The van der Waals surface area contributed by atoms with Gasteiger partial charge in [-0.3, -0.25) is 0 Å². The number of para-hydroxylation sites is 1. The van der Waals surface area contributed by atoms with E-state index in [-0.39, 0.29) is 30.7 Å². The first kappa shape index (κ1) is 28.3. The van der Waals surface area contributed by atoms with Crippen molar-refractivity contribution in [1.82, 2.24) is 9.71 Å². The van der Waals surface area contributed by atoms with Crippen molar-refractivity contribution in [3.63, 3.8) is 0 Å². The molecule has 2 atom stereocenters. The van der Waals surface area contributed by atoms with Crippen LogP contribution in [-0.2, 0) is 34.3 Å². The molecule has 1 aliphatic carbocycles. The van der Waals surface area contributed by atoms with Crippen LogP contribution >= 0.6 is 11.6 Å². The first-order valence-corrected chi connectivity index (χ1v) is 15.3. The van der Waals surface area contributed by atoms with Gasteiger partial charge >= 0.3 is 0 Å². The van der Waals surface area contributed by atoms with Crippen LogP contribution in [0.2, 0.25) is 0 Å². The molecule has 0 radical (unpaired) electrons. The smallest absolute Gasteiger partial charge is 0.208 e. The summed E-state index contributed by atoms with van der Waals surface area (Å²) in [4.78, 5) is 4.53. The number of benzene rings is 3. The zero-order chi connectivity index (χ0) is 28.3. The number of halogens is 3. The van der Waals surface area contributed by atoms with Gasteiger partial charge in [-0.2, -0.15) is 0 Å². The number of ether oxygens (including phenoxy) is 1. The van der Waals surface area contributed by atoms with Crippen molar-refractivity contribution in [1.29, 1.82) is 0 Å². The zero-order valence-corrected chi connectivity index (χ0v) is 23.4. The first-order chi connectivity index (χ1) is 19.2. The van der Waals surface area contributed by atoms with E-state index < -0.39 is 27.1 Å². The molecule has 4 aromatic rings. The summed E-state index contributed by atoms with van der Waals surface area (Å²) in [7, 11) is -3.44. The van der Waals surface area contributed by atoms with Gasteiger partial charge in [0.1, 0.15) is 18.7 Å². The summed E-state index contributed by atoms with van der Waals surface area (Å²) in [5, 5.41) is 0. The normalized spacial score (nSPS) is 19.1. The Morgan fingerprint density at radius 2 is 1.90 bits per heavy atom. The van der Waals surface area contributed by atoms with E-state index in [4.69, 9.17) is 20.8 Å². The molecule has 6 nitrogen and oxygen atoms in total. The maximum atomic E-state index is 15.3. The van der Waals surface area contributed by atoms with Gasteiger partial charge < -0.3 is 9.15 Å². The largest absolute Gasteiger partial charge is 0.485 e. The Labute approximate surface area is 237 Å². The molecule has 0 aliphatic heterocycles. The molecule has 0 amide bonds. The standard InChI is InChI=1S/C30H29ClF2N2O4S/c1-40(36,37)35-23-12-13-30(16-23,29-34-24(17-31)19-39-29)15-22-14-21(10-11-26(22)32)25-8-5-9-27(33)28(25)38-18-20-6-3-2-4-7-20/h2-11,14,19,23,35H,12-13,15-18H2,1H3/t23-,30+/m0/s1. The van der Waals surface area contributed by atoms with Crippen molar-refractivity contribution < 1.29 is 26.4 Å². The molecule has 1 heterocycles. The number of nitrogens with one attached hydrogen (secondary N) is 1. The Hall–Kier alpha value is -3.27. The Morgan fingerprint density at radius 1 is 1.10 bits per heavy atom. The zero-order valence-electron chi connectivity index (χ0n) is 21.9. The van der Waals surface area contributed by atoms with E-state index in [0.29, 0.717) is 47.5 Å². The average molecular weight is 587 g/mol. The van der Waals surface area contributed by atoms with Gasteiger partial charge in [0.25, 0.3) is 0 Å². The fraction of sp³-hybridized carbons (Fsp3) is 0.300. The number of aromatic nitrogens is 1. The van der Waals surface area contributed by atoms with Crippen LogP contribution in [0.5, 0.6) is 5.75 Å². The van der Waals surface area contributed by atoms with Gasteiger partial charge in [0.15, 0.2) is 11.6 Å². The van der Waals surface area contributed by atoms with Gasteiger partial charge in [-0.25, -0.2) is 26.9 Å². The van der Waals surface area contributed by atoms with Crippen LogP contribution in [0.25, 0.3) is 11.1 Å². The van der Waals surface area contributed by atoms with Crippen LogP contribution in [-0.4, -0.2) is 25.7 Å².